The summed E-state index contributed by atoms with van der Waals surface area (Å²) < 4.78 is 34.6. The first-order valence-corrected chi connectivity index (χ1v) is 13.5. The molecule has 0 atom stereocenters. The maximum atomic E-state index is 13.6. The SMILES string of the molecule is NNC(=O)c1ccc(CN(C(=O)N2CCS(=O)(=O)CC2)c2ccc(-c3ccc4c(c3)OCO4)cc2)cc1. The van der Waals surface area contributed by atoms with Crippen molar-refractivity contribution in [2.75, 3.05) is 36.3 Å². The zero-order valence-electron chi connectivity index (χ0n) is 19.9. The minimum Gasteiger partial charge on any atom is -0.454 e. The van der Waals surface area contributed by atoms with Gasteiger partial charge in [-0.1, -0.05) is 30.3 Å². The third-order valence-corrected chi connectivity index (χ3v) is 8.03. The van der Waals surface area contributed by atoms with Gasteiger partial charge in [-0.05, 0) is 53.1 Å². The maximum Gasteiger partial charge on any atom is 0.324 e. The van der Waals surface area contributed by atoms with Gasteiger partial charge in [-0.15, -0.1) is 0 Å². The van der Waals surface area contributed by atoms with E-state index in [0.717, 1.165) is 16.7 Å². The van der Waals surface area contributed by atoms with Crippen LogP contribution in [0.3, 0.4) is 0 Å². The van der Waals surface area contributed by atoms with Crippen LogP contribution in [0.4, 0.5) is 10.5 Å². The summed E-state index contributed by atoms with van der Waals surface area (Å²) in [5.74, 6) is 6.07. The number of ether oxygens (including phenoxy) is 2. The summed E-state index contributed by atoms with van der Waals surface area (Å²) in [4.78, 5) is 28.5. The summed E-state index contributed by atoms with van der Waals surface area (Å²) >= 11 is 0. The molecule has 0 spiro atoms. The van der Waals surface area contributed by atoms with Gasteiger partial charge < -0.3 is 14.4 Å². The Hall–Kier alpha value is -4.09. The lowest BCUT2D eigenvalue weighted by Gasteiger charge is -2.33. The molecule has 0 saturated carbocycles. The highest BCUT2D eigenvalue weighted by Crippen LogP contribution is 2.36. The van der Waals surface area contributed by atoms with E-state index in [2.05, 4.69) is 5.43 Å². The van der Waals surface area contributed by atoms with E-state index in [1.54, 1.807) is 34.1 Å². The van der Waals surface area contributed by atoms with Crippen LogP contribution < -0.4 is 25.6 Å². The number of fused-ring (bicyclic) bond motifs is 1. The van der Waals surface area contributed by atoms with Crippen molar-refractivity contribution in [3.8, 4) is 22.6 Å². The molecule has 0 radical (unpaired) electrons. The van der Waals surface area contributed by atoms with E-state index in [-0.39, 0.29) is 44.0 Å². The van der Waals surface area contributed by atoms with Crippen molar-refractivity contribution in [1.82, 2.24) is 10.3 Å². The van der Waals surface area contributed by atoms with Gasteiger partial charge in [0.2, 0.25) is 6.79 Å². The molecule has 1 fully saturated rings. The predicted octanol–water partition coefficient (Wildman–Crippen LogP) is 2.54. The molecule has 0 unspecified atom stereocenters. The van der Waals surface area contributed by atoms with Gasteiger partial charge in [0.1, 0.15) is 0 Å². The van der Waals surface area contributed by atoms with E-state index in [4.69, 9.17) is 15.3 Å². The quantitative estimate of drug-likeness (QED) is 0.299. The van der Waals surface area contributed by atoms with Gasteiger partial charge in [-0.3, -0.25) is 15.1 Å². The van der Waals surface area contributed by atoms with Crippen LogP contribution in [0.5, 0.6) is 11.5 Å². The minimum absolute atomic E-state index is 0.0570. The summed E-state index contributed by atoms with van der Waals surface area (Å²) in [7, 11) is -3.13. The smallest absolute Gasteiger partial charge is 0.324 e. The highest BCUT2D eigenvalue weighted by Gasteiger charge is 2.29. The molecule has 3 aromatic rings. The summed E-state index contributed by atoms with van der Waals surface area (Å²) in [6, 6.07) is 19.8. The van der Waals surface area contributed by atoms with E-state index in [9.17, 15) is 18.0 Å². The van der Waals surface area contributed by atoms with Crippen LogP contribution in [-0.2, 0) is 16.4 Å². The molecule has 3 amide bonds. The molecule has 5 rings (SSSR count). The molecule has 2 heterocycles. The molecule has 3 aromatic carbocycles. The van der Waals surface area contributed by atoms with Crippen LogP contribution in [-0.4, -0.2) is 56.6 Å². The van der Waals surface area contributed by atoms with Crippen LogP contribution in [0.15, 0.2) is 66.7 Å². The van der Waals surface area contributed by atoms with E-state index < -0.39 is 15.7 Å². The molecular formula is C26H26N4O6S. The highest BCUT2D eigenvalue weighted by molar-refractivity contribution is 7.91. The van der Waals surface area contributed by atoms with Gasteiger partial charge in [0.15, 0.2) is 21.3 Å². The number of carbonyl (C=O) groups excluding carboxylic acids is 2. The van der Waals surface area contributed by atoms with E-state index in [1.807, 2.05) is 42.5 Å². The Morgan fingerprint density at radius 1 is 0.892 bits per heavy atom. The van der Waals surface area contributed by atoms with Crippen LogP contribution in [0.2, 0.25) is 0 Å². The molecule has 2 aliphatic rings. The standard InChI is InChI=1S/C26H26N4O6S/c27-28-25(31)20-3-1-18(2-4-20)16-30(26(32)29-11-13-37(33,34)14-12-29)22-8-5-19(6-9-22)21-7-10-23-24(15-21)36-17-35-23/h1-10,15H,11-14,16-17,27H2,(H,28,31). The molecule has 3 N–H and O–H groups in total. The largest absolute Gasteiger partial charge is 0.454 e. The van der Waals surface area contributed by atoms with Crippen LogP contribution >= 0.6 is 0 Å². The first kappa shape index (κ1) is 24.6. The second-order valence-corrected chi connectivity index (χ2v) is 11.1. The van der Waals surface area contributed by atoms with Crippen LogP contribution in [0, 0.1) is 0 Å². The third-order valence-electron chi connectivity index (χ3n) is 6.42. The van der Waals surface area contributed by atoms with E-state index >= 15 is 0 Å². The summed E-state index contributed by atoms with van der Waals surface area (Å²) in [5.41, 5.74) is 5.84. The number of nitrogens with two attached hydrogens (primary N) is 1. The van der Waals surface area contributed by atoms with Crippen molar-refractivity contribution >= 4 is 27.5 Å². The van der Waals surface area contributed by atoms with Crippen molar-refractivity contribution in [1.29, 1.82) is 0 Å². The fraction of sp³-hybridized carbons (Fsp3) is 0.231. The molecular weight excluding hydrogens is 496 g/mol. The average molecular weight is 523 g/mol. The number of anilines is 1. The monoisotopic (exact) mass is 522 g/mol. The normalized spacial score (nSPS) is 15.8. The Morgan fingerprint density at radius 3 is 2.22 bits per heavy atom. The number of hydrazine groups is 1. The first-order chi connectivity index (χ1) is 17.8. The van der Waals surface area contributed by atoms with Gasteiger partial charge in [0, 0.05) is 24.3 Å². The lowest BCUT2D eigenvalue weighted by atomic mass is 10.0. The van der Waals surface area contributed by atoms with Crippen molar-refractivity contribution < 1.29 is 27.5 Å². The van der Waals surface area contributed by atoms with Gasteiger partial charge in [-0.2, -0.15) is 0 Å². The Morgan fingerprint density at radius 2 is 1.54 bits per heavy atom. The van der Waals surface area contributed by atoms with Crippen molar-refractivity contribution in [3.63, 3.8) is 0 Å². The summed E-state index contributed by atoms with van der Waals surface area (Å²) in [6.45, 7) is 0.714. The zero-order chi connectivity index (χ0) is 26.0. The first-order valence-electron chi connectivity index (χ1n) is 11.7. The number of carbonyl (C=O) groups is 2. The number of sulfone groups is 1. The van der Waals surface area contributed by atoms with Crippen LogP contribution in [0.1, 0.15) is 15.9 Å². The fourth-order valence-corrected chi connectivity index (χ4v) is 5.48. The summed E-state index contributed by atoms with van der Waals surface area (Å²) in [6.07, 6.45) is 0. The number of nitrogens with zero attached hydrogens (tertiary/aromatic N) is 2. The summed E-state index contributed by atoms with van der Waals surface area (Å²) in [5, 5.41) is 0. The molecule has 0 bridgehead atoms. The molecule has 0 aromatic heterocycles. The number of benzene rings is 3. The predicted molar refractivity (Wildman–Crippen MR) is 138 cm³/mol. The number of rotatable bonds is 5. The van der Waals surface area contributed by atoms with Crippen molar-refractivity contribution in [3.05, 3.63) is 77.9 Å². The Balaban J connectivity index is 1.41. The fourth-order valence-electron chi connectivity index (χ4n) is 4.28. The lowest BCUT2D eigenvalue weighted by molar-refractivity contribution is 0.0953. The van der Waals surface area contributed by atoms with Gasteiger partial charge in [0.05, 0.1) is 18.1 Å². The highest BCUT2D eigenvalue weighted by atomic mass is 32.2. The van der Waals surface area contributed by atoms with Gasteiger partial charge >= 0.3 is 6.03 Å². The molecule has 37 heavy (non-hydrogen) atoms. The van der Waals surface area contributed by atoms with Gasteiger partial charge in [-0.25, -0.2) is 19.1 Å². The van der Waals surface area contributed by atoms with E-state index in [0.29, 0.717) is 22.7 Å². The number of nitrogen functional groups attached to an aromatic ring is 1. The Kier molecular flexibility index (Phi) is 6.72. The third kappa shape index (κ3) is 5.37. The number of nitrogens with one attached hydrogen (secondary N) is 1. The Bertz CT molecular complexity index is 1410. The molecule has 192 valence electrons. The molecule has 11 heteroatoms. The molecule has 1 saturated heterocycles. The van der Waals surface area contributed by atoms with E-state index in [1.165, 1.54) is 0 Å². The minimum atomic E-state index is -3.13. The number of amides is 3. The van der Waals surface area contributed by atoms with Crippen molar-refractivity contribution in [2.45, 2.75) is 6.54 Å². The number of urea groups is 1. The molecule has 10 nitrogen and oxygen atoms in total. The lowest BCUT2D eigenvalue weighted by Crippen LogP contribution is -2.49. The second kappa shape index (κ2) is 10.1. The van der Waals surface area contributed by atoms with Gasteiger partial charge in [0.25, 0.3) is 5.91 Å². The maximum absolute atomic E-state index is 13.6. The molecule has 2 aliphatic heterocycles. The molecule has 0 aliphatic carbocycles. The zero-order valence-corrected chi connectivity index (χ0v) is 20.7. The number of hydrogen-bond acceptors (Lipinski definition) is 7. The number of hydrogen-bond donors (Lipinski definition) is 2. The average Bonchev–Trinajstić information content (AvgIpc) is 3.39. The van der Waals surface area contributed by atoms with Crippen molar-refractivity contribution in [2.24, 2.45) is 5.84 Å². The second-order valence-electron chi connectivity index (χ2n) is 8.79. The topological polar surface area (TPSA) is 131 Å². The Labute approximate surface area is 214 Å². The van der Waals surface area contributed by atoms with Crippen LogP contribution in [0.25, 0.3) is 11.1 Å².